The summed E-state index contributed by atoms with van der Waals surface area (Å²) in [6.45, 7) is 0.408. The molecule has 0 bridgehead atoms. The lowest BCUT2D eigenvalue weighted by Gasteiger charge is -2.08. The van der Waals surface area contributed by atoms with Gasteiger partial charge in [-0.1, -0.05) is 5.16 Å². The highest BCUT2D eigenvalue weighted by Crippen LogP contribution is 2.26. The number of halogens is 2. The zero-order chi connectivity index (χ0) is 11.5. The Balaban J connectivity index is 2.12. The van der Waals surface area contributed by atoms with Crippen LogP contribution in [0.15, 0.2) is 33.4 Å². The van der Waals surface area contributed by atoms with E-state index in [2.05, 4.69) is 26.4 Å². The molecule has 0 amide bonds. The summed E-state index contributed by atoms with van der Waals surface area (Å²) < 4.78 is 18.5. The molecule has 0 fully saturated rings. The highest BCUT2D eigenvalue weighted by Gasteiger charge is 2.06. The van der Waals surface area contributed by atoms with Crippen molar-refractivity contribution in [2.45, 2.75) is 6.54 Å². The number of nitrogens with zero attached hydrogens (tertiary/aromatic N) is 1. The first-order valence-corrected chi connectivity index (χ1v) is 5.34. The van der Waals surface area contributed by atoms with Crippen LogP contribution in [0.2, 0.25) is 0 Å². The van der Waals surface area contributed by atoms with Crippen LogP contribution in [0.4, 0.5) is 15.8 Å². The van der Waals surface area contributed by atoms with Gasteiger partial charge in [0.2, 0.25) is 0 Å². The Morgan fingerprint density at radius 2 is 2.31 bits per heavy atom. The Kier molecular flexibility index (Phi) is 3.09. The van der Waals surface area contributed by atoms with E-state index in [1.165, 1.54) is 12.1 Å². The third kappa shape index (κ3) is 2.33. The van der Waals surface area contributed by atoms with Crippen molar-refractivity contribution in [1.82, 2.24) is 5.16 Å². The molecule has 0 saturated carbocycles. The van der Waals surface area contributed by atoms with E-state index in [4.69, 9.17) is 10.3 Å². The summed E-state index contributed by atoms with van der Waals surface area (Å²) in [5.41, 5.74) is 6.71. The number of aromatic nitrogens is 1. The Morgan fingerprint density at radius 3 is 3.00 bits per heavy atom. The zero-order valence-corrected chi connectivity index (χ0v) is 9.79. The second kappa shape index (κ2) is 4.52. The Hall–Kier alpha value is -1.56. The Bertz CT molecular complexity index is 487. The van der Waals surface area contributed by atoms with E-state index in [0.29, 0.717) is 28.2 Å². The lowest BCUT2D eigenvalue weighted by Crippen LogP contribution is -2.02. The van der Waals surface area contributed by atoms with Gasteiger partial charge >= 0.3 is 0 Å². The number of anilines is 2. The maximum atomic E-state index is 13.2. The number of nitrogens with two attached hydrogens (primary N) is 1. The van der Waals surface area contributed by atoms with Gasteiger partial charge in [-0.15, -0.1) is 0 Å². The fourth-order valence-electron chi connectivity index (χ4n) is 1.23. The molecule has 0 unspecified atom stereocenters. The van der Waals surface area contributed by atoms with Crippen LogP contribution in [0.25, 0.3) is 0 Å². The van der Waals surface area contributed by atoms with E-state index in [9.17, 15) is 4.39 Å². The fourth-order valence-corrected chi connectivity index (χ4v) is 1.59. The normalized spacial score (nSPS) is 10.4. The van der Waals surface area contributed by atoms with Crippen molar-refractivity contribution in [3.8, 4) is 0 Å². The lowest BCUT2D eigenvalue weighted by molar-refractivity contribution is 0.388. The van der Waals surface area contributed by atoms with Gasteiger partial charge < -0.3 is 15.6 Å². The Labute approximate surface area is 99.7 Å². The smallest absolute Gasteiger partial charge is 0.155 e. The molecule has 16 heavy (non-hydrogen) atoms. The van der Waals surface area contributed by atoms with E-state index in [0.717, 1.165) is 0 Å². The summed E-state index contributed by atoms with van der Waals surface area (Å²) >= 11 is 3.06. The minimum atomic E-state index is -0.366. The number of nitrogens with one attached hydrogen (secondary N) is 1. The van der Waals surface area contributed by atoms with Gasteiger partial charge in [0.1, 0.15) is 5.82 Å². The summed E-state index contributed by atoms with van der Waals surface area (Å²) in [7, 11) is 0. The molecule has 0 radical (unpaired) electrons. The van der Waals surface area contributed by atoms with Gasteiger partial charge in [-0.2, -0.15) is 0 Å². The maximum Gasteiger partial charge on any atom is 0.155 e. The van der Waals surface area contributed by atoms with Crippen LogP contribution in [0.1, 0.15) is 5.76 Å². The monoisotopic (exact) mass is 285 g/mol. The van der Waals surface area contributed by atoms with Gasteiger partial charge in [-0.25, -0.2) is 4.39 Å². The second-order valence-electron chi connectivity index (χ2n) is 3.19. The highest BCUT2D eigenvalue weighted by atomic mass is 79.9. The first kappa shape index (κ1) is 10.9. The summed E-state index contributed by atoms with van der Waals surface area (Å²) in [4.78, 5) is 0. The zero-order valence-electron chi connectivity index (χ0n) is 8.21. The van der Waals surface area contributed by atoms with Gasteiger partial charge in [0.05, 0.1) is 28.6 Å². The van der Waals surface area contributed by atoms with E-state index in [-0.39, 0.29) is 5.82 Å². The van der Waals surface area contributed by atoms with Gasteiger partial charge in [0, 0.05) is 12.1 Å². The van der Waals surface area contributed by atoms with E-state index < -0.39 is 0 Å². The molecular formula is C10H9BrFN3O. The van der Waals surface area contributed by atoms with Crippen molar-refractivity contribution in [1.29, 1.82) is 0 Å². The van der Waals surface area contributed by atoms with Crippen LogP contribution in [-0.4, -0.2) is 5.16 Å². The van der Waals surface area contributed by atoms with Crippen molar-refractivity contribution >= 4 is 27.3 Å². The highest BCUT2D eigenvalue weighted by molar-refractivity contribution is 9.10. The third-order valence-electron chi connectivity index (χ3n) is 2.04. The number of hydrogen-bond acceptors (Lipinski definition) is 4. The van der Waals surface area contributed by atoms with Crippen LogP contribution < -0.4 is 11.1 Å². The molecule has 0 aliphatic rings. The molecule has 0 aliphatic heterocycles. The van der Waals surface area contributed by atoms with E-state index in [1.54, 1.807) is 12.3 Å². The molecule has 1 aromatic heterocycles. The quantitative estimate of drug-likeness (QED) is 0.851. The van der Waals surface area contributed by atoms with Crippen molar-refractivity contribution in [3.05, 3.63) is 40.4 Å². The predicted octanol–water partition coefficient (Wildman–Crippen LogP) is 2.77. The number of hydrogen-bond donors (Lipinski definition) is 2. The molecule has 2 rings (SSSR count). The van der Waals surface area contributed by atoms with Crippen LogP contribution in [0.3, 0.4) is 0 Å². The molecule has 0 aliphatic carbocycles. The molecule has 6 heteroatoms. The van der Waals surface area contributed by atoms with Crippen molar-refractivity contribution in [2.24, 2.45) is 0 Å². The molecule has 1 aromatic carbocycles. The van der Waals surface area contributed by atoms with Crippen molar-refractivity contribution in [3.63, 3.8) is 0 Å². The van der Waals surface area contributed by atoms with Crippen LogP contribution in [0.5, 0.6) is 0 Å². The summed E-state index contributed by atoms with van der Waals surface area (Å²) in [5.74, 6) is 0.289. The SMILES string of the molecule is Nc1cc(Br)c(F)cc1NCc1ccno1. The van der Waals surface area contributed by atoms with Crippen molar-refractivity contribution in [2.75, 3.05) is 11.1 Å². The van der Waals surface area contributed by atoms with Crippen LogP contribution in [0, 0.1) is 5.82 Å². The number of nitrogen functional groups attached to an aromatic ring is 1. The van der Waals surface area contributed by atoms with Gasteiger partial charge in [0.15, 0.2) is 5.76 Å². The first-order chi connectivity index (χ1) is 7.66. The van der Waals surface area contributed by atoms with Crippen LogP contribution in [-0.2, 0) is 6.54 Å². The maximum absolute atomic E-state index is 13.2. The molecule has 1 heterocycles. The standard InChI is InChI=1S/C10H9BrFN3O/c11-7-3-9(13)10(4-8(7)12)14-5-6-1-2-15-16-6/h1-4,14H,5,13H2. The van der Waals surface area contributed by atoms with Gasteiger partial charge in [-0.3, -0.25) is 0 Å². The Morgan fingerprint density at radius 1 is 1.50 bits per heavy atom. The van der Waals surface area contributed by atoms with Crippen LogP contribution >= 0.6 is 15.9 Å². The molecule has 4 nitrogen and oxygen atoms in total. The molecule has 2 aromatic rings. The second-order valence-corrected chi connectivity index (χ2v) is 4.04. The molecule has 0 spiro atoms. The van der Waals surface area contributed by atoms with Gasteiger partial charge in [-0.05, 0) is 22.0 Å². The molecule has 0 atom stereocenters. The van der Waals surface area contributed by atoms with Crippen molar-refractivity contribution < 1.29 is 8.91 Å². The summed E-state index contributed by atoms with van der Waals surface area (Å²) in [5, 5.41) is 6.52. The average Bonchev–Trinajstić information content (AvgIpc) is 2.74. The predicted molar refractivity (Wildman–Crippen MR) is 62.3 cm³/mol. The fraction of sp³-hybridized carbons (Fsp3) is 0.100. The molecule has 0 saturated heterocycles. The minimum absolute atomic E-state index is 0.343. The summed E-state index contributed by atoms with van der Waals surface area (Å²) in [6.07, 6.45) is 1.54. The average molecular weight is 286 g/mol. The topological polar surface area (TPSA) is 64.1 Å². The summed E-state index contributed by atoms with van der Waals surface area (Å²) in [6, 6.07) is 4.56. The number of rotatable bonds is 3. The van der Waals surface area contributed by atoms with E-state index in [1.807, 2.05) is 0 Å². The van der Waals surface area contributed by atoms with E-state index >= 15 is 0 Å². The largest absolute Gasteiger partial charge is 0.397 e. The molecular weight excluding hydrogens is 277 g/mol. The molecule has 3 N–H and O–H groups in total. The third-order valence-corrected chi connectivity index (χ3v) is 2.64. The lowest BCUT2D eigenvalue weighted by atomic mass is 10.2. The minimum Gasteiger partial charge on any atom is -0.397 e. The molecule has 84 valence electrons. The first-order valence-electron chi connectivity index (χ1n) is 4.55. The van der Waals surface area contributed by atoms with Gasteiger partial charge in [0.25, 0.3) is 0 Å². The number of benzene rings is 1.